The maximum atomic E-state index is 14.0. The van der Waals surface area contributed by atoms with Gasteiger partial charge >= 0.3 is 0 Å². The minimum Gasteiger partial charge on any atom is -0.329 e. The molecule has 5 aromatic carbocycles. The summed E-state index contributed by atoms with van der Waals surface area (Å²) in [5, 5.41) is 12.5. The molecule has 0 fully saturated rings. The summed E-state index contributed by atoms with van der Waals surface area (Å²) in [6.07, 6.45) is 6.53. The highest BCUT2D eigenvalue weighted by molar-refractivity contribution is 7.80. The van der Waals surface area contributed by atoms with Crippen LogP contribution in [0, 0.1) is 4.64 Å². The third kappa shape index (κ3) is 3.66. The van der Waals surface area contributed by atoms with E-state index in [1.54, 1.807) is 0 Å². The summed E-state index contributed by atoms with van der Waals surface area (Å²) in [7, 11) is 0. The zero-order chi connectivity index (χ0) is 29.4. The van der Waals surface area contributed by atoms with Gasteiger partial charge in [0.1, 0.15) is 9.63 Å². The van der Waals surface area contributed by atoms with Crippen LogP contribution in [-0.2, 0) is 0 Å². The van der Waals surface area contributed by atoms with Gasteiger partial charge in [-0.15, -0.1) is 0 Å². The number of unbranched alkanes of at least 4 members (excludes halogenated alkanes) is 2. The third-order valence-corrected chi connectivity index (χ3v) is 10.5. The number of hydrogen-bond acceptors (Lipinski definition) is 3. The Morgan fingerprint density at radius 2 is 1.14 bits per heavy atom. The van der Waals surface area contributed by atoms with E-state index in [9.17, 15) is 4.79 Å². The summed E-state index contributed by atoms with van der Waals surface area (Å²) in [5.74, 6) is 0.0229. The number of rotatable bonds is 8. The molecule has 2 heterocycles. The lowest BCUT2D eigenvalue weighted by atomic mass is 9.83. The van der Waals surface area contributed by atoms with E-state index < -0.39 is 0 Å². The summed E-state index contributed by atoms with van der Waals surface area (Å²) in [6, 6.07) is 17.8. The van der Waals surface area contributed by atoms with E-state index in [1.165, 1.54) is 28.0 Å². The van der Waals surface area contributed by atoms with Gasteiger partial charge in [0.15, 0.2) is 0 Å². The monoisotopic (exact) mass is 588 g/mol. The van der Waals surface area contributed by atoms with Crippen molar-refractivity contribution in [2.45, 2.75) is 78.3 Å². The average Bonchev–Trinajstić information content (AvgIpc) is 2.99. The molecule has 212 valence electrons. The molecule has 7 rings (SSSR count). The molecular formula is C37H36N2OS2. The van der Waals surface area contributed by atoms with E-state index in [1.807, 2.05) is 11.0 Å². The average molecular weight is 589 g/mol. The van der Waals surface area contributed by atoms with Gasteiger partial charge < -0.3 is 4.57 Å². The summed E-state index contributed by atoms with van der Waals surface area (Å²) in [4.78, 5) is 16.5. The molecule has 0 radical (unpaired) electrons. The highest BCUT2D eigenvalue weighted by atomic mass is 32.1. The quantitative estimate of drug-likeness (QED) is 0.100. The molecule has 1 aromatic heterocycles. The number of pyridine rings is 1. The van der Waals surface area contributed by atoms with Crippen molar-refractivity contribution in [2.75, 3.05) is 0 Å². The number of carbonyl (C=O) groups is 1. The standard InChI is InChI=1S/C37H36N2OS2/c1-6-8-10-20(3)38-22(5)23-12-13-24-27-16-19-30-34-28(35(40)39(37(30)42)21(4)11-9-7-2)17-14-25(33(27)34)26-15-18-29(36(38)41)31(23)32(24)26/h12-21H,5-11H2,1-4H3/t20-,21-/m0/s1. The summed E-state index contributed by atoms with van der Waals surface area (Å²) in [6.45, 7) is 13.4. The Morgan fingerprint density at radius 3 is 1.76 bits per heavy atom. The number of amides is 1. The zero-order valence-electron chi connectivity index (χ0n) is 24.8. The molecule has 6 aromatic rings. The molecule has 2 atom stereocenters. The van der Waals surface area contributed by atoms with E-state index in [0.717, 1.165) is 85.5 Å². The molecular weight excluding hydrogens is 553 g/mol. The van der Waals surface area contributed by atoms with E-state index in [4.69, 9.17) is 24.4 Å². The van der Waals surface area contributed by atoms with Gasteiger partial charge in [-0.25, -0.2) is 0 Å². The van der Waals surface area contributed by atoms with Gasteiger partial charge in [0.05, 0.1) is 0 Å². The largest absolute Gasteiger partial charge is 0.329 e. The third-order valence-electron chi connectivity index (χ3n) is 9.68. The Bertz CT molecular complexity index is 2060. The zero-order valence-corrected chi connectivity index (χ0v) is 26.5. The molecule has 1 aliphatic rings. The number of hydrogen-bond donors (Lipinski definition) is 0. The second kappa shape index (κ2) is 10.1. The summed E-state index contributed by atoms with van der Waals surface area (Å²) >= 11 is 12.2. The number of fused-ring (bicyclic) bond motifs is 2. The fourth-order valence-electron chi connectivity index (χ4n) is 7.52. The van der Waals surface area contributed by atoms with Crippen LogP contribution in [-0.4, -0.2) is 26.4 Å². The van der Waals surface area contributed by atoms with Crippen molar-refractivity contribution < 1.29 is 4.79 Å². The molecule has 42 heavy (non-hydrogen) atoms. The first kappa shape index (κ1) is 27.4. The van der Waals surface area contributed by atoms with Crippen LogP contribution >= 0.6 is 24.4 Å². The first-order valence-corrected chi connectivity index (χ1v) is 16.2. The Labute approximate surface area is 257 Å². The SMILES string of the molecule is C=c1c2ccc3c4ccc5c6c(ccc(c7ccc(c(=S)n1[C@@H](C)CCCC)c2c37)c64)C(=O)N([C@@H](C)CCCC)C5=S. The van der Waals surface area contributed by atoms with Crippen molar-refractivity contribution >= 4 is 95.8 Å². The van der Waals surface area contributed by atoms with Gasteiger partial charge in [0.25, 0.3) is 5.91 Å². The first-order chi connectivity index (χ1) is 20.3. The Hall–Kier alpha value is -3.41. The summed E-state index contributed by atoms with van der Waals surface area (Å²) < 4.78 is 3.13. The van der Waals surface area contributed by atoms with E-state index in [-0.39, 0.29) is 11.9 Å². The maximum absolute atomic E-state index is 14.0. The number of thiocarbonyl (C=S) groups is 1. The van der Waals surface area contributed by atoms with Gasteiger partial charge in [-0.05, 0) is 65.1 Å². The lowest BCUT2D eigenvalue weighted by Gasteiger charge is -2.35. The molecule has 0 saturated heterocycles. The van der Waals surface area contributed by atoms with Crippen LogP contribution in [0.3, 0.4) is 0 Å². The molecule has 0 N–H and O–H groups in total. The molecule has 1 aliphatic heterocycles. The molecule has 0 unspecified atom stereocenters. The predicted molar refractivity (Wildman–Crippen MR) is 186 cm³/mol. The number of aromatic nitrogens is 1. The van der Waals surface area contributed by atoms with Crippen molar-refractivity contribution in [1.82, 2.24) is 9.47 Å². The number of carbonyl (C=O) groups excluding carboxylic acids is 1. The lowest BCUT2D eigenvalue weighted by Crippen LogP contribution is -2.45. The van der Waals surface area contributed by atoms with Crippen molar-refractivity contribution in [1.29, 1.82) is 0 Å². The molecule has 0 aliphatic carbocycles. The van der Waals surface area contributed by atoms with E-state index >= 15 is 0 Å². The minimum atomic E-state index is 0.0229. The summed E-state index contributed by atoms with van der Waals surface area (Å²) in [5.41, 5.74) is 1.74. The number of benzene rings is 5. The Kier molecular flexibility index (Phi) is 6.59. The van der Waals surface area contributed by atoms with E-state index in [0.29, 0.717) is 11.0 Å². The van der Waals surface area contributed by atoms with Crippen LogP contribution in [0.5, 0.6) is 0 Å². The predicted octanol–water partition coefficient (Wildman–Crippen LogP) is 10.0. The van der Waals surface area contributed by atoms with Crippen LogP contribution in [0.4, 0.5) is 0 Å². The number of nitrogens with zero attached hydrogens (tertiary/aromatic N) is 2. The van der Waals surface area contributed by atoms with Gasteiger partial charge in [-0.3, -0.25) is 9.69 Å². The van der Waals surface area contributed by atoms with Crippen LogP contribution in [0.2, 0.25) is 0 Å². The van der Waals surface area contributed by atoms with Crippen molar-refractivity contribution in [2.24, 2.45) is 0 Å². The highest BCUT2D eigenvalue weighted by Gasteiger charge is 2.34. The van der Waals surface area contributed by atoms with Crippen molar-refractivity contribution in [3.8, 4) is 0 Å². The van der Waals surface area contributed by atoms with Crippen LogP contribution in [0.1, 0.15) is 88.2 Å². The smallest absolute Gasteiger partial charge is 0.259 e. The molecule has 0 bridgehead atoms. The van der Waals surface area contributed by atoms with Crippen LogP contribution < -0.4 is 5.35 Å². The van der Waals surface area contributed by atoms with Gasteiger partial charge in [-0.2, -0.15) is 0 Å². The topological polar surface area (TPSA) is 25.2 Å². The molecule has 5 heteroatoms. The minimum absolute atomic E-state index is 0.0229. The van der Waals surface area contributed by atoms with E-state index in [2.05, 4.69) is 81.3 Å². The fourth-order valence-corrected chi connectivity index (χ4v) is 8.41. The second-order valence-electron chi connectivity index (χ2n) is 12.2. The Morgan fingerprint density at radius 1 is 0.667 bits per heavy atom. The first-order valence-electron chi connectivity index (χ1n) is 15.4. The second-order valence-corrected chi connectivity index (χ2v) is 13.0. The fraction of sp³-hybridized carbons (Fsp3) is 0.324. The van der Waals surface area contributed by atoms with Crippen molar-refractivity contribution in [3.05, 3.63) is 69.6 Å². The van der Waals surface area contributed by atoms with Gasteiger partial charge in [0, 0.05) is 50.1 Å². The molecule has 3 nitrogen and oxygen atoms in total. The molecule has 0 saturated carbocycles. The van der Waals surface area contributed by atoms with Gasteiger partial charge in [0.2, 0.25) is 0 Å². The normalized spacial score (nSPS) is 15.3. The molecule has 1 amide bonds. The van der Waals surface area contributed by atoms with Crippen LogP contribution in [0.25, 0.3) is 60.4 Å². The highest BCUT2D eigenvalue weighted by Crippen LogP contribution is 2.46. The van der Waals surface area contributed by atoms with Crippen molar-refractivity contribution in [3.63, 3.8) is 0 Å². The van der Waals surface area contributed by atoms with Crippen LogP contribution in [0.15, 0.2) is 48.5 Å². The lowest BCUT2D eigenvalue weighted by molar-refractivity contribution is 0.0807. The maximum Gasteiger partial charge on any atom is 0.259 e. The van der Waals surface area contributed by atoms with Gasteiger partial charge in [-0.1, -0.05) is 113 Å². The Balaban J connectivity index is 1.54. The molecule has 0 spiro atoms.